The third kappa shape index (κ3) is 4.33. The normalized spacial score (nSPS) is 11.7. The maximum atomic E-state index is 11.8. The number of hydrogen-bond donors (Lipinski definition) is 2. The van der Waals surface area contributed by atoms with Crippen LogP contribution in [0.15, 0.2) is 54.6 Å². The highest BCUT2D eigenvalue weighted by atomic mass is 16.5. The summed E-state index contributed by atoms with van der Waals surface area (Å²) in [5.74, 6) is 0. The number of carbonyl (C=O) groups is 1. The van der Waals surface area contributed by atoms with Crippen LogP contribution >= 0.6 is 0 Å². The lowest BCUT2D eigenvalue weighted by Gasteiger charge is -2.18. The van der Waals surface area contributed by atoms with E-state index in [1.165, 1.54) is 0 Å². The number of hydrogen-bond acceptors (Lipinski definition) is 3. The molecule has 0 aliphatic carbocycles. The molecule has 0 bridgehead atoms. The Bertz CT molecular complexity index is 584. The number of aliphatic hydroxyl groups is 1. The van der Waals surface area contributed by atoms with E-state index in [0.29, 0.717) is 0 Å². The minimum Gasteiger partial charge on any atom is -0.445 e. The molecule has 1 atom stereocenters. The van der Waals surface area contributed by atoms with E-state index in [1.54, 1.807) is 0 Å². The van der Waals surface area contributed by atoms with Crippen LogP contribution in [-0.4, -0.2) is 17.8 Å². The number of alkyl carbamates (subject to hydrolysis) is 1. The summed E-state index contributed by atoms with van der Waals surface area (Å²) in [5, 5.41) is 12.2. The zero-order chi connectivity index (χ0) is 15.1. The Morgan fingerprint density at radius 2 is 1.81 bits per heavy atom. The molecule has 21 heavy (non-hydrogen) atoms. The fourth-order valence-electron chi connectivity index (χ4n) is 2.11. The Balaban J connectivity index is 1.93. The van der Waals surface area contributed by atoms with Gasteiger partial charge in [0.15, 0.2) is 0 Å². The van der Waals surface area contributed by atoms with E-state index in [-0.39, 0.29) is 13.2 Å². The number of nitrogens with one attached hydrogen (secondary N) is 1. The summed E-state index contributed by atoms with van der Waals surface area (Å²) >= 11 is 0. The highest BCUT2D eigenvalue weighted by Gasteiger charge is 2.16. The summed E-state index contributed by atoms with van der Waals surface area (Å²) in [6.07, 6.45) is -0.541. The van der Waals surface area contributed by atoms with E-state index in [4.69, 9.17) is 4.74 Å². The van der Waals surface area contributed by atoms with Crippen molar-refractivity contribution in [2.45, 2.75) is 19.6 Å². The monoisotopic (exact) mass is 285 g/mol. The maximum Gasteiger partial charge on any atom is 0.408 e. The van der Waals surface area contributed by atoms with Gasteiger partial charge in [0.2, 0.25) is 0 Å². The zero-order valence-corrected chi connectivity index (χ0v) is 12.0. The summed E-state index contributed by atoms with van der Waals surface area (Å²) < 4.78 is 5.16. The van der Waals surface area contributed by atoms with Gasteiger partial charge >= 0.3 is 6.09 Å². The lowest BCUT2D eigenvalue weighted by Crippen LogP contribution is -2.31. The van der Waals surface area contributed by atoms with Crippen molar-refractivity contribution in [1.29, 1.82) is 0 Å². The molecule has 1 amide bonds. The molecular formula is C17H19NO3. The van der Waals surface area contributed by atoms with Gasteiger partial charge in [0.05, 0.1) is 12.6 Å². The van der Waals surface area contributed by atoms with Gasteiger partial charge in [-0.3, -0.25) is 0 Å². The Kier molecular flexibility index (Phi) is 5.35. The van der Waals surface area contributed by atoms with Crippen LogP contribution < -0.4 is 5.32 Å². The highest BCUT2D eigenvalue weighted by molar-refractivity contribution is 5.68. The van der Waals surface area contributed by atoms with Crippen LogP contribution in [0.3, 0.4) is 0 Å². The maximum absolute atomic E-state index is 11.8. The number of rotatable bonds is 5. The van der Waals surface area contributed by atoms with E-state index < -0.39 is 12.1 Å². The van der Waals surface area contributed by atoms with E-state index in [2.05, 4.69) is 5.32 Å². The van der Waals surface area contributed by atoms with Crippen molar-refractivity contribution in [3.8, 4) is 0 Å². The van der Waals surface area contributed by atoms with Gasteiger partial charge in [-0.1, -0.05) is 54.6 Å². The van der Waals surface area contributed by atoms with Gasteiger partial charge in [-0.25, -0.2) is 4.79 Å². The molecule has 0 saturated carbocycles. The first-order valence-corrected chi connectivity index (χ1v) is 6.84. The second kappa shape index (κ2) is 7.45. The number of benzene rings is 2. The standard InChI is InChI=1S/C17H19NO3/c1-13-7-5-6-10-15(13)16(11-19)18-17(20)21-12-14-8-3-2-4-9-14/h2-10,16,19H,11-12H2,1H3,(H,18,20). The molecule has 1 unspecified atom stereocenters. The van der Waals surface area contributed by atoms with Crippen LogP contribution in [0.5, 0.6) is 0 Å². The Morgan fingerprint density at radius 3 is 2.48 bits per heavy atom. The quantitative estimate of drug-likeness (QED) is 0.888. The predicted molar refractivity (Wildman–Crippen MR) is 80.8 cm³/mol. The largest absolute Gasteiger partial charge is 0.445 e. The number of carbonyl (C=O) groups excluding carboxylic acids is 1. The number of aliphatic hydroxyl groups excluding tert-OH is 1. The van der Waals surface area contributed by atoms with Crippen molar-refractivity contribution in [2.24, 2.45) is 0 Å². The van der Waals surface area contributed by atoms with Crippen LogP contribution in [0.25, 0.3) is 0 Å². The molecule has 2 rings (SSSR count). The third-order valence-electron chi connectivity index (χ3n) is 3.25. The molecule has 2 aromatic carbocycles. The molecule has 0 heterocycles. The molecule has 0 aromatic heterocycles. The van der Waals surface area contributed by atoms with Gasteiger partial charge in [0.1, 0.15) is 6.61 Å². The van der Waals surface area contributed by atoms with Crippen molar-refractivity contribution in [1.82, 2.24) is 5.32 Å². The SMILES string of the molecule is Cc1ccccc1C(CO)NC(=O)OCc1ccccc1. The molecular weight excluding hydrogens is 266 g/mol. The smallest absolute Gasteiger partial charge is 0.408 e. The Hall–Kier alpha value is -2.33. The van der Waals surface area contributed by atoms with Gasteiger partial charge < -0.3 is 15.2 Å². The molecule has 0 aliphatic heterocycles. The number of ether oxygens (including phenoxy) is 1. The second-order valence-corrected chi connectivity index (χ2v) is 4.80. The van der Waals surface area contributed by atoms with E-state index in [1.807, 2.05) is 61.5 Å². The average Bonchev–Trinajstić information content (AvgIpc) is 2.52. The molecule has 4 heteroatoms. The van der Waals surface area contributed by atoms with E-state index in [9.17, 15) is 9.90 Å². The van der Waals surface area contributed by atoms with Gasteiger partial charge in [-0.15, -0.1) is 0 Å². The van der Waals surface area contributed by atoms with Gasteiger partial charge in [-0.2, -0.15) is 0 Å². The van der Waals surface area contributed by atoms with E-state index in [0.717, 1.165) is 16.7 Å². The van der Waals surface area contributed by atoms with Gasteiger partial charge in [-0.05, 0) is 23.6 Å². The van der Waals surface area contributed by atoms with Crippen molar-refractivity contribution in [3.05, 3.63) is 71.3 Å². The Morgan fingerprint density at radius 1 is 1.14 bits per heavy atom. The molecule has 2 N–H and O–H groups in total. The fraction of sp³-hybridized carbons (Fsp3) is 0.235. The summed E-state index contributed by atoms with van der Waals surface area (Å²) in [6, 6.07) is 16.6. The molecule has 2 aromatic rings. The minimum atomic E-state index is -0.541. The molecule has 0 radical (unpaired) electrons. The fourth-order valence-corrected chi connectivity index (χ4v) is 2.11. The number of aryl methyl sites for hydroxylation is 1. The molecule has 0 aliphatic rings. The Labute approximate surface area is 124 Å². The summed E-state index contributed by atoms with van der Waals surface area (Å²) in [6.45, 7) is 1.97. The van der Waals surface area contributed by atoms with Crippen LogP contribution in [0, 0.1) is 6.92 Å². The van der Waals surface area contributed by atoms with Gasteiger partial charge in [0, 0.05) is 0 Å². The predicted octanol–water partition coefficient (Wildman–Crippen LogP) is 2.95. The van der Waals surface area contributed by atoms with Gasteiger partial charge in [0.25, 0.3) is 0 Å². The first-order valence-electron chi connectivity index (χ1n) is 6.84. The lowest BCUT2D eigenvalue weighted by atomic mass is 10.0. The van der Waals surface area contributed by atoms with Crippen LogP contribution in [0.1, 0.15) is 22.7 Å². The van der Waals surface area contributed by atoms with E-state index >= 15 is 0 Å². The van der Waals surface area contributed by atoms with Crippen molar-refractivity contribution >= 4 is 6.09 Å². The van der Waals surface area contributed by atoms with Crippen molar-refractivity contribution in [3.63, 3.8) is 0 Å². The minimum absolute atomic E-state index is 0.175. The molecule has 0 saturated heterocycles. The lowest BCUT2D eigenvalue weighted by molar-refractivity contribution is 0.129. The summed E-state index contributed by atoms with van der Waals surface area (Å²) in [5.41, 5.74) is 2.82. The zero-order valence-electron chi connectivity index (χ0n) is 12.0. The van der Waals surface area contributed by atoms with Crippen LogP contribution in [0.2, 0.25) is 0 Å². The molecule has 0 spiro atoms. The molecule has 0 fully saturated rings. The van der Waals surface area contributed by atoms with Crippen molar-refractivity contribution in [2.75, 3.05) is 6.61 Å². The number of amides is 1. The second-order valence-electron chi connectivity index (χ2n) is 4.80. The molecule has 4 nitrogen and oxygen atoms in total. The molecule has 110 valence electrons. The summed E-state index contributed by atoms with van der Waals surface area (Å²) in [4.78, 5) is 11.8. The van der Waals surface area contributed by atoms with Crippen LogP contribution in [-0.2, 0) is 11.3 Å². The average molecular weight is 285 g/mol. The highest BCUT2D eigenvalue weighted by Crippen LogP contribution is 2.17. The first-order chi connectivity index (χ1) is 10.2. The van der Waals surface area contributed by atoms with Crippen molar-refractivity contribution < 1.29 is 14.6 Å². The van der Waals surface area contributed by atoms with Crippen LogP contribution in [0.4, 0.5) is 4.79 Å². The summed E-state index contributed by atoms with van der Waals surface area (Å²) in [7, 11) is 0. The third-order valence-corrected chi connectivity index (χ3v) is 3.25. The topological polar surface area (TPSA) is 58.6 Å². The first kappa shape index (κ1) is 15.1.